The second-order valence-corrected chi connectivity index (χ2v) is 14.5. The van der Waals surface area contributed by atoms with E-state index in [0.717, 1.165) is 43.4 Å². The van der Waals surface area contributed by atoms with E-state index in [-0.39, 0.29) is 33.9 Å². The predicted octanol–water partition coefficient (Wildman–Crippen LogP) is 6.62. The Morgan fingerprint density at radius 3 is 2.55 bits per heavy atom. The Hall–Kier alpha value is -1.09. The van der Waals surface area contributed by atoms with Gasteiger partial charge in [-0.2, -0.15) is 0 Å². The number of ketones is 1. The summed E-state index contributed by atoms with van der Waals surface area (Å²) in [5.74, 6) is 3.37. The number of Topliss-reactive ketones (excluding diaryl/α,β-unsaturated/α-hetero) is 1. The van der Waals surface area contributed by atoms with Crippen LogP contribution in [0.4, 0.5) is 0 Å². The molecule has 3 nitrogen and oxygen atoms in total. The van der Waals surface area contributed by atoms with Gasteiger partial charge in [0.1, 0.15) is 17.0 Å². The zero-order chi connectivity index (χ0) is 23.3. The van der Waals surface area contributed by atoms with Crippen LogP contribution in [0.2, 0.25) is 0 Å². The SMILES string of the molecule is CC1=CCC2CC3C(C)(C)CCCC34CC35C1CC1C(C)(C)OC(=C(C(C)C)C(=O)C23)C15O4. The van der Waals surface area contributed by atoms with Gasteiger partial charge in [-0.1, -0.05) is 45.8 Å². The second-order valence-electron chi connectivity index (χ2n) is 14.5. The topological polar surface area (TPSA) is 35.5 Å². The van der Waals surface area contributed by atoms with E-state index in [4.69, 9.17) is 9.47 Å². The van der Waals surface area contributed by atoms with Gasteiger partial charge >= 0.3 is 0 Å². The molecule has 0 aromatic heterocycles. The van der Waals surface area contributed by atoms with Crippen LogP contribution < -0.4 is 0 Å². The van der Waals surface area contributed by atoms with Crippen molar-refractivity contribution in [1.82, 2.24) is 0 Å². The molecule has 2 heterocycles. The third-order valence-corrected chi connectivity index (χ3v) is 12.0. The molecule has 2 aliphatic heterocycles. The lowest BCUT2D eigenvalue weighted by molar-refractivity contribution is -0.201. The van der Waals surface area contributed by atoms with Gasteiger partial charge in [-0.15, -0.1) is 0 Å². The minimum absolute atomic E-state index is 0.0839. The van der Waals surface area contributed by atoms with Crippen LogP contribution in [0.5, 0.6) is 0 Å². The molecule has 7 aliphatic rings. The van der Waals surface area contributed by atoms with Crippen molar-refractivity contribution in [1.29, 1.82) is 0 Å². The molecule has 7 rings (SSSR count). The van der Waals surface area contributed by atoms with Crippen LogP contribution in [0, 0.1) is 46.3 Å². The van der Waals surface area contributed by atoms with E-state index >= 15 is 0 Å². The van der Waals surface area contributed by atoms with Gasteiger partial charge in [0, 0.05) is 22.8 Å². The zero-order valence-electron chi connectivity index (χ0n) is 21.7. The normalized spacial score (nSPS) is 52.3. The van der Waals surface area contributed by atoms with E-state index in [9.17, 15) is 4.79 Å². The molecule has 8 atom stereocenters. The molecule has 3 spiro atoms. The Bertz CT molecular complexity index is 1030. The highest BCUT2D eigenvalue weighted by Gasteiger charge is 2.87. The van der Waals surface area contributed by atoms with Gasteiger partial charge in [0.05, 0.1) is 5.60 Å². The maximum atomic E-state index is 14.6. The predicted molar refractivity (Wildman–Crippen MR) is 128 cm³/mol. The molecule has 5 fully saturated rings. The van der Waals surface area contributed by atoms with E-state index < -0.39 is 5.60 Å². The largest absolute Gasteiger partial charge is 0.488 e. The van der Waals surface area contributed by atoms with Gasteiger partial charge in [-0.3, -0.25) is 4.79 Å². The Labute approximate surface area is 199 Å². The first-order valence-electron chi connectivity index (χ1n) is 13.8. The fraction of sp³-hybridized carbons (Fsp3) is 0.833. The molecular weight excluding hydrogens is 408 g/mol. The highest BCUT2D eigenvalue weighted by Crippen LogP contribution is 2.83. The lowest BCUT2D eigenvalue weighted by Gasteiger charge is -2.55. The maximum Gasteiger partial charge on any atom is 0.166 e. The average Bonchev–Trinajstić information content (AvgIpc) is 3.13. The molecule has 5 aliphatic carbocycles. The molecule has 3 heteroatoms. The highest BCUT2D eigenvalue weighted by atomic mass is 16.6. The number of ether oxygens (including phenoxy) is 2. The molecular formula is C30H42O3. The summed E-state index contributed by atoms with van der Waals surface area (Å²) in [6.45, 7) is 16.3. The van der Waals surface area contributed by atoms with Crippen molar-refractivity contribution < 1.29 is 14.3 Å². The van der Waals surface area contributed by atoms with Crippen molar-refractivity contribution in [3.63, 3.8) is 0 Å². The summed E-state index contributed by atoms with van der Waals surface area (Å²) in [6, 6.07) is 0. The number of carbonyl (C=O) groups is 1. The van der Waals surface area contributed by atoms with Crippen molar-refractivity contribution in [2.75, 3.05) is 0 Å². The van der Waals surface area contributed by atoms with Crippen LogP contribution in [-0.2, 0) is 14.3 Å². The average molecular weight is 451 g/mol. The Kier molecular flexibility index (Phi) is 3.74. The van der Waals surface area contributed by atoms with Crippen molar-refractivity contribution in [3.8, 4) is 0 Å². The molecule has 0 radical (unpaired) electrons. The van der Waals surface area contributed by atoms with Gasteiger partial charge < -0.3 is 9.47 Å². The van der Waals surface area contributed by atoms with Crippen LogP contribution in [0.1, 0.15) is 93.4 Å². The summed E-state index contributed by atoms with van der Waals surface area (Å²) in [7, 11) is 0. The number of hydrogen-bond donors (Lipinski definition) is 0. The number of rotatable bonds is 1. The van der Waals surface area contributed by atoms with Crippen LogP contribution in [0.25, 0.3) is 0 Å². The molecule has 180 valence electrons. The van der Waals surface area contributed by atoms with E-state index in [1.807, 2.05) is 0 Å². The summed E-state index contributed by atoms with van der Waals surface area (Å²) in [5.41, 5.74) is 1.81. The first kappa shape index (κ1) is 21.2. The van der Waals surface area contributed by atoms with Gasteiger partial charge in [0.2, 0.25) is 0 Å². The Morgan fingerprint density at radius 2 is 1.82 bits per heavy atom. The van der Waals surface area contributed by atoms with Crippen molar-refractivity contribution in [3.05, 3.63) is 23.0 Å². The minimum atomic E-state index is -0.414. The van der Waals surface area contributed by atoms with Gasteiger partial charge in [0.25, 0.3) is 0 Å². The highest BCUT2D eigenvalue weighted by molar-refractivity contribution is 6.01. The standard InChI is InChI=1S/C30H42O3/c1-16(2)22-24(31)23-18-10-9-17(3)19-14-21-27(6,7)32-25(22)30(21)29(19,23)15-28(33-30)12-8-11-26(4,5)20(28)13-18/h9,16,18-21,23H,8,10-15H2,1-7H3. The third-order valence-electron chi connectivity index (χ3n) is 12.0. The van der Waals surface area contributed by atoms with E-state index in [2.05, 4.69) is 54.5 Å². The van der Waals surface area contributed by atoms with Crippen LogP contribution in [0.3, 0.4) is 0 Å². The van der Waals surface area contributed by atoms with Crippen molar-refractivity contribution in [2.24, 2.45) is 46.3 Å². The second kappa shape index (κ2) is 5.82. The summed E-state index contributed by atoms with van der Waals surface area (Å²) in [5, 5.41) is 0. The van der Waals surface area contributed by atoms with Crippen LogP contribution in [0.15, 0.2) is 23.0 Å². The lowest BCUT2D eigenvalue weighted by Crippen LogP contribution is -2.60. The Morgan fingerprint density at radius 1 is 1.06 bits per heavy atom. The third kappa shape index (κ3) is 2.06. The van der Waals surface area contributed by atoms with Gasteiger partial charge in [0.15, 0.2) is 5.78 Å². The fourth-order valence-electron chi connectivity index (χ4n) is 11.1. The first-order chi connectivity index (χ1) is 15.4. The van der Waals surface area contributed by atoms with Crippen molar-refractivity contribution in [2.45, 2.75) is 110 Å². The molecule has 33 heavy (non-hydrogen) atoms. The number of carbonyl (C=O) groups excluding carboxylic acids is 1. The molecule has 2 saturated heterocycles. The molecule has 8 unspecified atom stereocenters. The lowest BCUT2D eigenvalue weighted by atomic mass is 9.50. The summed E-state index contributed by atoms with van der Waals surface area (Å²) in [6.07, 6.45) is 10.6. The first-order valence-corrected chi connectivity index (χ1v) is 13.8. The number of hydrogen-bond acceptors (Lipinski definition) is 3. The van der Waals surface area contributed by atoms with E-state index in [0.29, 0.717) is 29.5 Å². The summed E-state index contributed by atoms with van der Waals surface area (Å²) >= 11 is 0. The maximum absolute atomic E-state index is 14.6. The van der Waals surface area contributed by atoms with E-state index in [1.165, 1.54) is 18.4 Å². The van der Waals surface area contributed by atoms with Gasteiger partial charge in [-0.25, -0.2) is 0 Å². The minimum Gasteiger partial charge on any atom is -0.488 e. The van der Waals surface area contributed by atoms with Crippen LogP contribution >= 0.6 is 0 Å². The van der Waals surface area contributed by atoms with Crippen molar-refractivity contribution >= 4 is 5.78 Å². The van der Waals surface area contributed by atoms with Gasteiger partial charge in [-0.05, 0) is 88.4 Å². The summed E-state index contributed by atoms with van der Waals surface area (Å²) in [4.78, 5) is 14.6. The van der Waals surface area contributed by atoms with E-state index in [1.54, 1.807) is 0 Å². The number of allylic oxidation sites excluding steroid dienone is 3. The molecule has 0 aromatic rings. The fourth-order valence-corrected chi connectivity index (χ4v) is 11.1. The quantitative estimate of drug-likeness (QED) is 0.421. The molecule has 0 N–H and O–H groups in total. The zero-order valence-corrected chi connectivity index (χ0v) is 21.7. The van der Waals surface area contributed by atoms with Crippen LogP contribution in [-0.4, -0.2) is 22.6 Å². The molecule has 0 amide bonds. The molecule has 3 bridgehead atoms. The molecule has 3 saturated carbocycles. The smallest absolute Gasteiger partial charge is 0.166 e. The Balaban J connectivity index is 1.61. The monoisotopic (exact) mass is 450 g/mol. The summed E-state index contributed by atoms with van der Waals surface area (Å²) < 4.78 is 14.7. The molecule has 0 aromatic carbocycles.